The van der Waals surface area contributed by atoms with E-state index in [4.69, 9.17) is 4.74 Å². The molecule has 0 aromatic heterocycles. The van der Waals surface area contributed by atoms with Crippen molar-refractivity contribution < 1.29 is 9.53 Å². The van der Waals surface area contributed by atoms with E-state index >= 15 is 0 Å². The summed E-state index contributed by atoms with van der Waals surface area (Å²) in [5.41, 5.74) is -0.337. The molecule has 2 aliphatic rings. The zero-order valence-corrected chi connectivity index (χ0v) is 10.1. The molecule has 92 valence electrons. The van der Waals surface area contributed by atoms with Crippen molar-refractivity contribution in [3.8, 4) is 0 Å². The fourth-order valence-electron chi connectivity index (χ4n) is 2.50. The third kappa shape index (κ3) is 2.74. The van der Waals surface area contributed by atoms with Crippen molar-refractivity contribution in [2.75, 3.05) is 19.7 Å². The number of ether oxygens (including phenoxy) is 1. The molecule has 0 aromatic rings. The lowest BCUT2D eigenvalue weighted by atomic mass is 9.99. The Hall–Kier alpha value is -0.610. The fraction of sp³-hybridized carbons (Fsp3) is 0.917. The summed E-state index contributed by atoms with van der Waals surface area (Å²) < 4.78 is 5.52. The monoisotopic (exact) mass is 226 g/mol. The van der Waals surface area contributed by atoms with Crippen molar-refractivity contribution in [2.45, 2.75) is 50.7 Å². The van der Waals surface area contributed by atoms with Gasteiger partial charge in [0.25, 0.3) is 0 Å². The van der Waals surface area contributed by atoms with Crippen molar-refractivity contribution in [2.24, 2.45) is 0 Å². The third-order valence-corrected chi connectivity index (χ3v) is 3.65. The standard InChI is InChI=1S/C12H22N2O2/c1-12(6-3-7-14-12)11(15)13-8-5-10-4-2-9-16-10/h10,14H,2-9H2,1H3,(H,13,15). The maximum atomic E-state index is 11.9. The Labute approximate surface area is 97.1 Å². The Bertz CT molecular complexity index is 243. The summed E-state index contributed by atoms with van der Waals surface area (Å²) in [6.07, 6.45) is 5.66. The molecule has 2 aliphatic heterocycles. The molecular weight excluding hydrogens is 204 g/mol. The van der Waals surface area contributed by atoms with Gasteiger partial charge in [-0.2, -0.15) is 0 Å². The zero-order valence-electron chi connectivity index (χ0n) is 10.1. The number of nitrogens with one attached hydrogen (secondary N) is 2. The van der Waals surface area contributed by atoms with Gasteiger partial charge in [-0.15, -0.1) is 0 Å². The highest BCUT2D eigenvalue weighted by Gasteiger charge is 2.35. The van der Waals surface area contributed by atoms with E-state index in [1.165, 1.54) is 0 Å². The fourth-order valence-corrected chi connectivity index (χ4v) is 2.50. The molecule has 2 rings (SSSR count). The van der Waals surface area contributed by atoms with Crippen LogP contribution in [0.3, 0.4) is 0 Å². The molecule has 4 nitrogen and oxygen atoms in total. The van der Waals surface area contributed by atoms with Gasteiger partial charge in [0.05, 0.1) is 11.6 Å². The van der Waals surface area contributed by atoms with Gasteiger partial charge in [-0.25, -0.2) is 0 Å². The van der Waals surface area contributed by atoms with E-state index in [1.54, 1.807) is 0 Å². The molecule has 2 fully saturated rings. The number of amides is 1. The second-order valence-electron chi connectivity index (χ2n) is 5.04. The van der Waals surface area contributed by atoms with Crippen molar-refractivity contribution >= 4 is 5.91 Å². The number of hydrogen-bond donors (Lipinski definition) is 2. The van der Waals surface area contributed by atoms with Crippen LogP contribution in [0.15, 0.2) is 0 Å². The Morgan fingerprint density at radius 1 is 1.56 bits per heavy atom. The molecule has 2 unspecified atom stereocenters. The maximum Gasteiger partial charge on any atom is 0.240 e. The van der Waals surface area contributed by atoms with Crippen molar-refractivity contribution in [3.63, 3.8) is 0 Å². The normalized spacial score (nSPS) is 34.2. The second kappa shape index (κ2) is 5.15. The average Bonchev–Trinajstić information content (AvgIpc) is 2.90. The minimum absolute atomic E-state index is 0.142. The smallest absolute Gasteiger partial charge is 0.240 e. The van der Waals surface area contributed by atoms with Crippen LogP contribution in [0, 0.1) is 0 Å². The minimum atomic E-state index is -0.337. The molecule has 0 spiro atoms. The van der Waals surface area contributed by atoms with Crippen LogP contribution in [0.2, 0.25) is 0 Å². The molecule has 1 amide bonds. The molecule has 0 radical (unpaired) electrons. The summed E-state index contributed by atoms with van der Waals surface area (Å²) in [4.78, 5) is 11.9. The Morgan fingerprint density at radius 2 is 2.44 bits per heavy atom. The Morgan fingerprint density at radius 3 is 3.06 bits per heavy atom. The first-order valence-electron chi connectivity index (χ1n) is 6.36. The van der Waals surface area contributed by atoms with Gasteiger partial charge in [-0.05, 0) is 45.6 Å². The van der Waals surface area contributed by atoms with E-state index in [1.807, 2.05) is 6.92 Å². The van der Waals surface area contributed by atoms with Gasteiger partial charge < -0.3 is 15.4 Å². The van der Waals surface area contributed by atoms with Gasteiger partial charge in [0.1, 0.15) is 0 Å². The van der Waals surface area contributed by atoms with E-state index in [-0.39, 0.29) is 11.4 Å². The Balaban J connectivity index is 1.67. The van der Waals surface area contributed by atoms with Crippen LogP contribution in [0.5, 0.6) is 0 Å². The van der Waals surface area contributed by atoms with E-state index in [0.717, 1.165) is 51.8 Å². The van der Waals surface area contributed by atoms with Crippen molar-refractivity contribution in [1.82, 2.24) is 10.6 Å². The summed E-state index contributed by atoms with van der Waals surface area (Å²) >= 11 is 0. The lowest BCUT2D eigenvalue weighted by molar-refractivity contribution is -0.126. The molecule has 2 N–H and O–H groups in total. The topological polar surface area (TPSA) is 50.4 Å². The number of carbonyl (C=O) groups excluding carboxylic acids is 1. The van der Waals surface area contributed by atoms with Crippen LogP contribution in [-0.2, 0) is 9.53 Å². The third-order valence-electron chi connectivity index (χ3n) is 3.65. The molecule has 2 atom stereocenters. The van der Waals surface area contributed by atoms with Crippen molar-refractivity contribution in [3.05, 3.63) is 0 Å². The van der Waals surface area contributed by atoms with Crippen LogP contribution >= 0.6 is 0 Å². The molecule has 4 heteroatoms. The maximum absolute atomic E-state index is 11.9. The molecular formula is C12H22N2O2. The highest BCUT2D eigenvalue weighted by atomic mass is 16.5. The molecule has 0 aromatic carbocycles. The molecule has 2 saturated heterocycles. The van der Waals surface area contributed by atoms with Gasteiger partial charge in [0, 0.05) is 13.2 Å². The lowest BCUT2D eigenvalue weighted by Gasteiger charge is -2.23. The largest absolute Gasteiger partial charge is 0.378 e. The first kappa shape index (κ1) is 11.9. The molecule has 0 saturated carbocycles. The summed E-state index contributed by atoms with van der Waals surface area (Å²) in [6.45, 7) is 4.57. The first-order valence-corrected chi connectivity index (χ1v) is 6.36. The molecule has 0 aliphatic carbocycles. The minimum Gasteiger partial charge on any atom is -0.378 e. The summed E-state index contributed by atoms with van der Waals surface area (Å²) in [7, 11) is 0. The average molecular weight is 226 g/mol. The van der Waals surface area contributed by atoms with E-state index in [9.17, 15) is 4.79 Å². The van der Waals surface area contributed by atoms with Gasteiger partial charge in [-0.1, -0.05) is 0 Å². The predicted molar refractivity (Wildman–Crippen MR) is 62.2 cm³/mol. The summed E-state index contributed by atoms with van der Waals surface area (Å²) in [5, 5.41) is 6.28. The van der Waals surface area contributed by atoms with Gasteiger partial charge in [-0.3, -0.25) is 4.79 Å². The molecule has 2 heterocycles. The highest BCUT2D eigenvalue weighted by Crippen LogP contribution is 2.19. The van der Waals surface area contributed by atoms with Crippen LogP contribution in [0.25, 0.3) is 0 Å². The number of rotatable bonds is 4. The lowest BCUT2D eigenvalue weighted by Crippen LogP contribution is -2.51. The SMILES string of the molecule is CC1(C(=O)NCCC2CCCO2)CCCN1. The van der Waals surface area contributed by atoms with Crippen molar-refractivity contribution in [1.29, 1.82) is 0 Å². The van der Waals surface area contributed by atoms with Gasteiger partial charge in [0.2, 0.25) is 5.91 Å². The number of hydrogen-bond acceptors (Lipinski definition) is 3. The number of carbonyl (C=O) groups is 1. The van der Waals surface area contributed by atoms with Crippen LogP contribution < -0.4 is 10.6 Å². The van der Waals surface area contributed by atoms with E-state index in [0.29, 0.717) is 6.10 Å². The zero-order chi connectivity index (χ0) is 11.4. The summed E-state index contributed by atoms with van der Waals surface area (Å²) in [5.74, 6) is 0.142. The second-order valence-corrected chi connectivity index (χ2v) is 5.04. The summed E-state index contributed by atoms with van der Waals surface area (Å²) in [6, 6.07) is 0. The van der Waals surface area contributed by atoms with Crippen LogP contribution in [-0.4, -0.2) is 37.2 Å². The van der Waals surface area contributed by atoms with E-state index < -0.39 is 0 Å². The molecule has 16 heavy (non-hydrogen) atoms. The first-order chi connectivity index (χ1) is 7.71. The predicted octanol–water partition coefficient (Wildman–Crippen LogP) is 0.814. The highest BCUT2D eigenvalue weighted by molar-refractivity contribution is 5.86. The molecule has 0 bridgehead atoms. The van der Waals surface area contributed by atoms with E-state index in [2.05, 4.69) is 10.6 Å². The quantitative estimate of drug-likeness (QED) is 0.746. The van der Waals surface area contributed by atoms with Crippen LogP contribution in [0.4, 0.5) is 0 Å². The Kier molecular flexibility index (Phi) is 3.82. The van der Waals surface area contributed by atoms with Crippen LogP contribution in [0.1, 0.15) is 39.0 Å². The van der Waals surface area contributed by atoms with Gasteiger partial charge in [0.15, 0.2) is 0 Å². The van der Waals surface area contributed by atoms with Gasteiger partial charge >= 0.3 is 0 Å².